The molecule has 0 unspecified atom stereocenters. The molecule has 0 saturated carbocycles. The third kappa shape index (κ3) is 3.84. The van der Waals surface area contributed by atoms with E-state index in [0.29, 0.717) is 12.1 Å². The van der Waals surface area contributed by atoms with Crippen LogP contribution in [0, 0.1) is 5.82 Å². The van der Waals surface area contributed by atoms with E-state index >= 15 is 0 Å². The summed E-state index contributed by atoms with van der Waals surface area (Å²) in [6.45, 7) is 1.93. The molecule has 112 valence electrons. The predicted octanol–water partition coefficient (Wildman–Crippen LogP) is 4.71. The fourth-order valence-electron chi connectivity index (χ4n) is 1.80. The van der Waals surface area contributed by atoms with Crippen LogP contribution in [0.15, 0.2) is 50.2 Å². The van der Waals surface area contributed by atoms with Crippen molar-refractivity contribution >= 4 is 47.6 Å². The molecule has 0 bridgehead atoms. The van der Waals surface area contributed by atoms with Crippen molar-refractivity contribution in [2.75, 3.05) is 4.72 Å². The van der Waals surface area contributed by atoms with Crippen LogP contribution in [-0.4, -0.2) is 8.42 Å². The Kier molecular flexibility index (Phi) is 5.06. The minimum absolute atomic E-state index is 0.117. The number of hydrogen-bond donors (Lipinski definition) is 1. The quantitative estimate of drug-likeness (QED) is 0.753. The number of aryl methyl sites for hydroxylation is 1. The van der Waals surface area contributed by atoms with E-state index in [1.165, 1.54) is 12.1 Å². The number of halogens is 3. The van der Waals surface area contributed by atoms with Crippen LogP contribution < -0.4 is 4.72 Å². The van der Waals surface area contributed by atoms with Gasteiger partial charge in [-0.15, -0.1) is 0 Å². The molecule has 2 rings (SSSR count). The molecule has 2 aromatic rings. The maximum atomic E-state index is 13.5. The first-order chi connectivity index (χ1) is 9.83. The van der Waals surface area contributed by atoms with Crippen LogP contribution in [0.4, 0.5) is 10.1 Å². The lowest BCUT2D eigenvalue weighted by Gasteiger charge is -2.12. The second-order valence-electron chi connectivity index (χ2n) is 4.34. The van der Waals surface area contributed by atoms with E-state index in [-0.39, 0.29) is 9.37 Å². The summed E-state index contributed by atoms with van der Waals surface area (Å²) in [5, 5.41) is 0. The molecule has 0 saturated heterocycles. The zero-order chi connectivity index (χ0) is 15.6. The van der Waals surface area contributed by atoms with Gasteiger partial charge < -0.3 is 0 Å². The third-order valence-corrected chi connectivity index (χ3v) is 5.39. The summed E-state index contributed by atoms with van der Waals surface area (Å²) in [7, 11) is -3.82. The number of anilines is 1. The van der Waals surface area contributed by atoms with Gasteiger partial charge in [-0.25, -0.2) is 12.8 Å². The molecule has 0 spiro atoms. The van der Waals surface area contributed by atoms with Gasteiger partial charge in [0.25, 0.3) is 10.0 Å². The number of benzene rings is 2. The highest BCUT2D eigenvalue weighted by atomic mass is 79.9. The van der Waals surface area contributed by atoms with Gasteiger partial charge in [0.1, 0.15) is 5.82 Å². The van der Waals surface area contributed by atoms with Gasteiger partial charge in [0.15, 0.2) is 0 Å². The van der Waals surface area contributed by atoms with Crippen molar-refractivity contribution < 1.29 is 12.8 Å². The van der Waals surface area contributed by atoms with Crippen molar-refractivity contribution in [2.45, 2.75) is 18.2 Å². The van der Waals surface area contributed by atoms with Crippen molar-refractivity contribution in [3.63, 3.8) is 0 Å². The van der Waals surface area contributed by atoms with Crippen LogP contribution in [0.1, 0.15) is 12.5 Å². The van der Waals surface area contributed by atoms with Crippen molar-refractivity contribution in [1.29, 1.82) is 0 Å². The van der Waals surface area contributed by atoms with Gasteiger partial charge in [0.05, 0.1) is 15.1 Å². The van der Waals surface area contributed by atoms with Crippen LogP contribution in [-0.2, 0) is 16.4 Å². The minimum Gasteiger partial charge on any atom is -0.279 e. The van der Waals surface area contributed by atoms with Gasteiger partial charge in [-0.3, -0.25) is 4.72 Å². The molecule has 21 heavy (non-hydrogen) atoms. The Morgan fingerprint density at radius 1 is 1.14 bits per heavy atom. The summed E-state index contributed by atoms with van der Waals surface area (Å²) in [5.74, 6) is -0.621. The zero-order valence-electron chi connectivity index (χ0n) is 11.0. The van der Waals surface area contributed by atoms with Crippen LogP contribution >= 0.6 is 31.9 Å². The Morgan fingerprint density at radius 3 is 2.48 bits per heavy atom. The molecule has 0 aliphatic rings. The number of rotatable bonds is 4. The molecule has 0 fully saturated rings. The lowest BCUT2D eigenvalue weighted by molar-refractivity contribution is 0.593. The average molecular weight is 437 g/mol. The SMILES string of the molecule is CCc1cc(Br)ccc1NS(=O)(=O)c1ccc(Br)c(F)c1. The molecule has 0 atom stereocenters. The number of sulfonamides is 1. The standard InChI is InChI=1S/C14H12Br2FNO2S/c1-2-9-7-10(15)3-6-14(9)18-21(19,20)11-4-5-12(16)13(17)8-11/h3-8,18H,2H2,1H3. The largest absolute Gasteiger partial charge is 0.279 e. The summed E-state index contributed by atoms with van der Waals surface area (Å²) in [6, 6.07) is 8.97. The predicted molar refractivity (Wildman–Crippen MR) is 88.4 cm³/mol. The molecule has 0 amide bonds. The number of nitrogens with one attached hydrogen (secondary N) is 1. The smallest absolute Gasteiger partial charge is 0.262 e. The highest BCUT2D eigenvalue weighted by Crippen LogP contribution is 2.25. The molecule has 0 radical (unpaired) electrons. The van der Waals surface area contributed by atoms with Gasteiger partial charge in [-0.2, -0.15) is 0 Å². The monoisotopic (exact) mass is 435 g/mol. The van der Waals surface area contributed by atoms with E-state index in [9.17, 15) is 12.8 Å². The van der Waals surface area contributed by atoms with E-state index < -0.39 is 15.8 Å². The van der Waals surface area contributed by atoms with Crippen LogP contribution in [0.5, 0.6) is 0 Å². The summed E-state index contributed by atoms with van der Waals surface area (Å²) in [6.07, 6.45) is 0.673. The van der Waals surface area contributed by atoms with Crippen LogP contribution in [0.2, 0.25) is 0 Å². The maximum Gasteiger partial charge on any atom is 0.262 e. The van der Waals surface area contributed by atoms with Crippen molar-refractivity contribution in [3.8, 4) is 0 Å². The molecule has 0 heterocycles. The molecule has 0 aliphatic heterocycles. The third-order valence-electron chi connectivity index (χ3n) is 2.89. The lowest BCUT2D eigenvalue weighted by Crippen LogP contribution is -2.14. The van der Waals surface area contributed by atoms with E-state index in [1.54, 1.807) is 12.1 Å². The van der Waals surface area contributed by atoms with Gasteiger partial charge in [0, 0.05) is 4.47 Å². The van der Waals surface area contributed by atoms with Gasteiger partial charge in [0.2, 0.25) is 0 Å². The Bertz CT molecular complexity index is 779. The van der Waals surface area contributed by atoms with Gasteiger partial charge in [-0.05, 0) is 64.3 Å². The topological polar surface area (TPSA) is 46.2 Å². The Morgan fingerprint density at radius 2 is 1.86 bits per heavy atom. The maximum absolute atomic E-state index is 13.5. The molecule has 2 aromatic carbocycles. The first kappa shape index (κ1) is 16.5. The Balaban J connectivity index is 2.39. The average Bonchev–Trinajstić information content (AvgIpc) is 2.43. The highest BCUT2D eigenvalue weighted by Gasteiger charge is 2.17. The molecule has 0 aromatic heterocycles. The first-order valence-electron chi connectivity index (χ1n) is 6.10. The minimum atomic E-state index is -3.82. The summed E-state index contributed by atoms with van der Waals surface area (Å²) >= 11 is 6.35. The fourth-order valence-corrected chi connectivity index (χ4v) is 3.57. The van der Waals surface area contributed by atoms with Crippen LogP contribution in [0.25, 0.3) is 0 Å². The molecular formula is C14H12Br2FNO2S. The Hall–Kier alpha value is -0.920. The second-order valence-corrected chi connectivity index (χ2v) is 7.79. The zero-order valence-corrected chi connectivity index (χ0v) is 15.0. The number of hydrogen-bond acceptors (Lipinski definition) is 2. The molecule has 3 nitrogen and oxygen atoms in total. The Labute approximate surface area is 139 Å². The summed E-state index contributed by atoms with van der Waals surface area (Å²) in [5.41, 5.74) is 1.34. The van der Waals surface area contributed by atoms with E-state index in [4.69, 9.17) is 0 Å². The highest BCUT2D eigenvalue weighted by molar-refractivity contribution is 9.10. The van der Waals surface area contributed by atoms with E-state index in [1.807, 2.05) is 13.0 Å². The van der Waals surface area contributed by atoms with E-state index in [2.05, 4.69) is 36.6 Å². The van der Waals surface area contributed by atoms with Gasteiger partial charge in [-0.1, -0.05) is 22.9 Å². The summed E-state index contributed by atoms with van der Waals surface area (Å²) < 4.78 is 41.7. The molecule has 1 N–H and O–H groups in total. The first-order valence-corrected chi connectivity index (χ1v) is 9.16. The van der Waals surface area contributed by atoms with E-state index in [0.717, 1.165) is 16.1 Å². The van der Waals surface area contributed by atoms with Crippen molar-refractivity contribution in [2.24, 2.45) is 0 Å². The lowest BCUT2D eigenvalue weighted by atomic mass is 10.1. The second kappa shape index (κ2) is 6.46. The molecule has 0 aliphatic carbocycles. The summed E-state index contributed by atoms with van der Waals surface area (Å²) in [4.78, 5) is -0.117. The van der Waals surface area contributed by atoms with Gasteiger partial charge >= 0.3 is 0 Å². The molecular weight excluding hydrogens is 425 g/mol. The molecule has 7 heteroatoms. The fraction of sp³-hybridized carbons (Fsp3) is 0.143. The van der Waals surface area contributed by atoms with Crippen LogP contribution in [0.3, 0.4) is 0 Å². The normalized spacial score (nSPS) is 11.4. The van der Waals surface area contributed by atoms with Crippen molar-refractivity contribution in [3.05, 3.63) is 56.7 Å². The van der Waals surface area contributed by atoms with Crippen molar-refractivity contribution in [1.82, 2.24) is 0 Å².